The third kappa shape index (κ3) is 5.45. The topological polar surface area (TPSA) is 70.3 Å². The molecular weight excluding hydrogens is 395 g/mol. The van der Waals surface area contributed by atoms with Crippen LogP contribution in [-0.2, 0) is 13.1 Å². The van der Waals surface area contributed by atoms with Crippen molar-refractivity contribution in [3.8, 4) is 11.3 Å². The van der Waals surface area contributed by atoms with Gasteiger partial charge in [-0.05, 0) is 30.7 Å². The van der Waals surface area contributed by atoms with Crippen LogP contribution in [0.2, 0.25) is 0 Å². The summed E-state index contributed by atoms with van der Waals surface area (Å²) in [6, 6.07) is 6.39. The maximum absolute atomic E-state index is 13.3. The number of piperazine rings is 1. The number of benzene rings is 1. The van der Waals surface area contributed by atoms with E-state index in [0.29, 0.717) is 6.54 Å². The third-order valence-corrected chi connectivity index (χ3v) is 5.58. The molecule has 1 aliphatic rings. The van der Waals surface area contributed by atoms with E-state index in [1.165, 1.54) is 12.1 Å². The number of nitrogens with zero attached hydrogens (tertiary/aromatic N) is 6. The normalized spacial score (nSPS) is 15.9. The minimum Gasteiger partial charge on any atom is -0.391 e. The minimum absolute atomic E-state index is 0.258. The van der Waals surface area contributed by atoms with Gasteiger partial charge in [-0.3, -0.25) is 14.6 Å². The lowest BCUT2D eigenvalue weighted by atomic mass is 10.1. The molecule has 0 bridgehead atoms. The molecule has 0 saturated carbocycles. The Bertz CT molecular complexity index is 968. The third-order valence-electron chi connectivity index (χ3n) is 5.58. The first-order valence-corrected chi connectivity index (χ1v) is 10.9. The predicted molar refractivity (Wildman–Crippen MR) is 118 cm³/mol. The molecule has 1 fully saturated rings. The second kappa shape index (κ2) is 9.98. The highest BCUT2D eigenvalue weighted by atomic mass is 19.1. The molecule has 0 radical (unpaired) electrons. The Kier molecular flexibility index (Phi) is 6.89. The first kappa shape index (κ1) is 21.4. The van der Waals surface area contributed by atoms with Gasteiger partial charge in [0.05, 0.1) is 18.8 Å². The van der Waals surface area contributed by atoms with Crippen molar-refractivity contribution in [3.05, 3.63) is 60.4 Å². The van der Waals surface area contributed by atoms with Gasteiger partial charge in [-0.15, -0.1) is 0 Å². The molecule has 31 heavy (non-hydrogen) atoms. The Morgan fingerprint density at radius 2 is 1.81 bits per heavy atom. The number of hydrogen-bond acceptors (Lipinski definition) is 6. The van der Waals surface area contributed by atoms with Crippen molar-refractivity contribution in [1.82, 2.24) is 24.6 Å². The average Bonchev–Trinajstić information content (AvgIpc) is 3.21. The van der Waals surface area contributed by atoms with Crippen molar-refractivity contribution in [3.63, 3.8) is 0 Å². The number of anilines is 1. The number of aliphatic hydroxyl groups excluding tert-OH is 1. The molecule has 0 amide bonds. The van der Waals surface area contributed by atoms with Crippen molar-refractivity contribution in [2.45, 2.75) is 39.0 Å². The highest BCUT2D eigenvalue weighted by molar-refractivity contribution is 5.72. The average molecular weight is 425 g/mol. The fraction of sp³-hybridized carbons (Fsp3) is 0.435. The monoisotopic (exact) mass is 424 g/mol. The predicted octanol–water partition coefficient (Wildman–Crippen LogP) is 2.96. The van der Waals surface area contributed by atoms with Gasteiger partial charge in [0.2, 0.25) is 0 Å². The van der Waals surface area contributed by atoms with Crippen molar-refractivity contribution >= 4 is 5.82 Å². The first-order chi connectivity index (χ1) is 15.1. The van der Waals surface area contributed by atoms with Crippen LogP contribution in [0.1, 0.15) is 25.3 Å². The number of halogens is 1. The van der Waals surface area contributed by atoms with E-state index in [1.807, 2.05) is 17.1 Å². The quantitative estimate of drug-likeness (QED) is 0.600. The SMILES string of the molecule is CCC[C@@H](O)Cn1cc(CN2CCN(c3nccnc3-c3ccc(F)cc3)CC2)cn1. The van der Waals surface area contributed by atoms with Crippen LogP contribution in [0.4, 0.5) is 10.2 Å². The summed E-state index contributed by atoms with van der Waals surface area (Å²) in [5, 5.41) is 14.4. The fourth-order valence-electron chi connectivity index (χ4n) is 3.98. The van der Waals surface area contributed by atoms with Gasteiger partial charge >= 0.3 is 0 Å². The number of rotatable bonds is 8. The van der Waals surface area contributed by atoms with Gasteiger partial charge in [0, 0.05) is 62.4 Å². The Labute approximate surface area is 182 Å². The van der Waals surface area contributed by atoms with E-state index in [1.54, 1.807) is 24.5 Å². The molecule has 1 N–H and O–H groups in total. The molecule has 3 heterocycles. The zero-order valence-electron chi connectivity index (χ0n) is 17.9. The van der Waals surface area contributed by atoms with Crippen LogP contribution in [0, 0.1) is 5.82 Å². The molecule has 1 aromatic carbocycles. The van der Waals surface area contributed by atoms with E-state index in [0.717, 1.165) is 68.2 Å². The maximum Gasteiger partial charge on any atom is 0.155 e. The zero-order chi connectivity index (χ0) is 21.6. The summed E-state index contributed by atoms with van der Waals surface area (Å²) in [5.74, 6) is 0.581. The van der Waals surface area contributed by atoms with Gasteiger partial charge in [-0.1, -0.05) is 13.3 Å². The molecule has 3 aromatic rings. The van der Waals surface area contributed by atoms with Crippen LogP contribution < -0.4 is 4.90 Å². The van der Waals surface area contributed by atoms with Crippen LogP contribution in [0.15, 0.2) is 49.1 Å². The summed E-state index contributed by atoms with van der Waals surface area (Å²) in [6.45, 7) is 6.95. The molecule has 0 aliphatic carbocycles. The molecule has 7 nitrogen and oxygen atoms in total. The van der Waals surface area contributed by atoms with Gasteiger partial charge < -0.3 is 10.0 Å². The van der Waals surface area contributed by atoms with Crippen LogP contribution >= 0.6 is 0 Å². The largest absolute Gasteiger partial charge is 0.391 e. The number of hydrogen-bond donors (Lipinski definition) is 1. The van der Waals surface area contributed by atoms with Gasteiger partial charge in [0.15, 0.2) is 5.82 Å². The summed E-state index contributed by atoms with van der Waals surface area (Å²) < 4.78 is 15.1. The van der Waals surface area contributed by atoms with E-state index in [4.69, 9.17) is 0 Å². The molecule has 1 atom stereocenters. The molecule has 1 aliphatic heterocycles. The highest BCUT2D eigenvalue weighted by Gasteiger charge is 2.22. The summed E-state index contributed by atoms with van der Waals surface area (Å²) in [4.78, 5) is 13.7. The van der Waals surface area contributed by atoms with Gasteiger partial charge in [0.25, 0.3) is 0 Å². The van der Waals surface area contributed by atoms with E-state index in [9.17, 15) is 9.50 Å². The minimum atomic E-state index is -0.344. The fourth-order valence-corrected chi connectivity index (χ4v) is 3.98. The Hall–Kier alpha value is -2.84. The molecule has 164 valence electrons. The van der Waals surface area contributed by atoms with Crippen molar-refractivity contribution in [2.75, 3.05) is 31.1 Å². The van der Waals surface area contributed by atoms with Crippen molar-refractivity contribution in [1.29, 1.82) is 0 Å². The van der Waals surface area contributed by atoms with E-state index >= 15 is 0 Å². The molecule has 0 spiro atoms. The maximum atomic E-state index is 13.3. The lowest BCUT2D eigenvalue weighted by molar-refractivity contribution is 0.139. The summed E-state index contributed by atoms with van der Waals surface area (Å²) in [7, 11) is 0. The Morgan fingerprint density at radius 3 is 2.55 bits per heavy atom. The summed E-state index contributed by atoms with van der Waals surface area (Å²) in [6.07, 6.45) is 8.71. The Morgan fingerprint density at radius 1 is 1.06 bits per heavy atom. The van der Waals surface area contributed by atoms with Crippen LogP contribution in [-0.4, -0.2) is 62.0 Å². The van der Waals surface area contributed by atoms with Crippen molar-refractivity contribution < 1.29 is 9.50 Å². The highest BCUT2D eigenvalue weighted by Crippen LogP contribution is 2.27. The smallest absolute Gasteiger partial charge is 0.155 e. The molecule has 0 unspecified atom stereocenters. The van der Waals surface area contributed by atoms with Gasteiger partial charge in [-0.2, -0.15) is 5.10 Å². The standard InChI is InChI=1S/C23H29FN6O/c1-2-3-21(31)17-30-16-18(14-27-30)15-28-10-12-29(13-11-28)23-22(25-8-9-26-23)19-4-6-20(24)7-5-19/h4-9,14,16,21,31H,2-3,10-13,15,17H2,1H3/t21-/m1/s1. The second-order valence-corrected chi connectivity index (χ2v) is 8.01. The number of aliphatic hydroxyl groups is 1. The van der Waals surface area contributed by atoms with Gasteiger partial charge in [0.1, 0.15) is 11.5 Å². The Balaban J connectivity index is 1.36. The van der Waals surface area contributed by atoms with Crippen LogP contribution in [0.5, 0.6) is 0 Å². The van der Waals surface area contributed by atoms with Crippen LogP contribution in [0.25, 0.3) is 11.3 Å². The van der Waals surface area contributed by atoms with E-state index in [2.05, 4.69) is 31.8 Å². The van der Waals surface area contributed by atoms with Gasteiger partial charge in [-0.25, -0.2) is 9.37 Å². The molecule has 2 aromatic heterocycles. The number of aromatic nitrogens is 4. The lowest BCUT2D eigenvalue weighted by Crippen LogP contribution is -2.46. The van der Waals surface area contributed by atoms with E-state index < -0.39 is 0 Å². The van der Waals surface area contributed by atoms with E-state index in [-0.39, 0.29) is 11.9 Å². The molecule has 8 heteroatoms. The molecular formula is C23H29FN6O. The first-order valence-electron chi connectivity index (χ1n) is 10.9. The molecule has 1 saturated heterocycles. The zero-order valence-corrected chi connectivity index (χ0v) is 17.9. The van der Waals surface area contributed by atoms with Crippen LogP contribution in [0.3, 0.4) is 0 Å². The lowest BCUT2D eigenvalue weighted by Gasteiger charge is -2.35. The molecule has 4 rings (SSSR count). The second-order valence-electron chi connectivity index (χ2n) is 8.01. The summed E-state index contributed by atoms with van der Waals surface area (Å²) >= 11 is 0. The van der Waals surface area contributed by atoms with Crippen molar-refractivity contribution in [2.24, 2.45) is 0 Å². The summed E-state index contributed by atoms with van der Waals surface area (Å²) in [5.41, 5.74) is 2.80.